The van der Waals surface area contributed by atoms with E-state index in [4.69, 9.17) is 16.3 Å². The number of halogens is 1. The molecule has 1 amide bonds. The van der Waals surface area contributed by atoms with Crippen LogP contribution in [0.1, 0.15) is 23.2 Å². The molecule has 0 bridgehead atoms. The van der Waals surface area contributed by atoms with Gasteiger partial charge in [0.05, 0.1) is 6.54 Å². The van der Waals surface area contributed by atoms with Gasteiger partial charge >= 0.3 is 0 Å². The first kappa shape index (κ1) is 13.1. The second-order valence-electron chi connectivity index (χ2n) is 4.15. The molecule has 1 atom stereocenters. The standard InChI is InChI=1S/C13H14ClNO3/c14-10-4-1-3-9(7-10)11(16)8-15-13(17)12-5-2-6-18-12/h1,3-4,7,12H,2,5-6,8H2,(H,15,17). The molecule has 1 saturated heterocycles. The van der Waals surface area contributed by atoms with E-state index in [1.807, 2.05) is 0 Å². The molecule has 1 unspecified atom stereocenters. The van der Waals surface area contributed by atoms with Crippen LogP contribution in [-0.4, -0.2) is 30.9 Å². The van der Waals surface area contributed by atoms with Crippen molar-refractivity contribution in [3.63, 3.8) is 0 Å². The van der Waals surface area contributed by atoms with Crippen LogP contribution in [0.4, 0.5) is 0 Å². The fourth-order valence-electron chi connectivity index (χ4n) is 1.83. The largest absolute Gasteiger partial charge is 0.368 e. The number of ketones is 1. The molecule has 1 aromatic carbocycles. The quantitative estimate of drug-likeness (QED) is 0.847. The Morgan fingerprint density at radius 3 is 2.94 bits per heavy atom. The molecule has 2 rings (SSSR count). The van der Waals surface area contributed by atoms with Gasteiger partial charge in [-0.15, -0.1) is 0 Å². The second-order valence-corrected chi connectivity index (χ2v) is 4.59. The molecular formula is C13H14ClNO3. The molecule has 0 radical (unpaired) electrons. The van der Waals surface area contributed by atoms with Crippen molar-refractivity contribution in [2.45, 2.75) is 18.9 Å². The molecule has 0 aliphatic carbocycles. The molecule has 1 aromatic rings. The van der Waals surface area contributed by atoms with Gasteiger partial charge in [-0.05, 0) is 25.0 Å². The van der Waals surface area contributed by atoms with Gasteiger partial charge < -0.3 is 10.1 Å². The molecule has 1 heterocycles. The Morgan fingerprint density at radius 1 is 1.44 bits per heavy atom. The maximum Gasteiger partial charge on any atom is 0.249 e. The maximum atomic E-state index is 11.8. The van der Waals surface area contributed by atoms with Gasteiger partial charge in [0.2, 0.25) is 5.91 Å². The Kier molecular flexibility index (Phi) is 4.33. The third kappa shape index (κ3) is 3.31. The highest BCUT2D eigenvalue weighted by Gasteiger charge is 2.23. The van der Waals surface area contributed by atoms with Gasteiger partial charge in [-0.25, -0.2) is 0 Å². The first-order valence-electron chi connectivity index (χ1n) is 5.85. The molecule has 96 valence electrons. The molecule has 0 spiro atoms. The fourth-order valence-corrected chi connectivity index (χ4v) is 2.02. The van der Waals surface area contributed by atoms with E-state index in [1.165, 1.54) is 0 Å². The van der Waals surface area contributed by atoms with Crippen molar-refractivity contribution in [2.75, 3.05) is 13.2 Å². The van der Waals surface area contributed by atoms with E-state index < -0.39 is 6.10 Å². The molecular weight excluding hydrogens is 254 g/mol. The number of hydrogen-bond donors (Lipinski definition) is 1. The summed E-state index contributed by atoms with van der Waals surface area (Å²) in [5.74, 6) is -0.383. The van der Waals surface area contributed by atoms with Gasteiger partial charge in [-0.3, -0.25) is 9.59 Å². The average Bonchev–Trinajstić information content (AvgIpc) is 2.89. The molecule has 1 aliphatic heterocycles. The third-order valence-corrected chi connectivity index (χ3v) is 3.03. The van der Waals surface area contributed by atoms with Crippen molar-refractivity contribution < 1.29 is 14.3 Å². The Morgan fingerprint density at radius 2 is 2.28 bits per heavy atom. The average molecular weight is 268 g/mol. The highest BCUT2D eigenvalue weighted by atomic mass is 35.5. The van der Waals surface area contributed by atoms with Crippen LogP contribution < -0.4 is 5.32 Å². The summed E-state index contributed by atoms with van der Waals surface area (Å²) in [5, 5.41) is 3.09. The van der Waals surface area contributed by atoms with Gasteiger partial charge in [0.1, 0.15) is 6.10 Å². The van der Waals surface area contributed by atoms with E-state index in [2.05, 4.69) is 5.32 Å². The molecule has 1 fully saturated rings. The van der Waals surface area contributed by atoms with Crippen LogP contribution in [0.25, 0.3) is 0 Å². The number of ether oxygens (including phenoxy) is 1. The minimum Gasteiger partial charge on any atom is -0.368 e. The van der Waals surface area contributed by atoms with Crippen LogP contribution in [0.2, 0.25) is 5.02 Å². The molecule has 0 aromatic heterocycles. The summed E-state index contributed by atoms with van der Waals surface area (Å²) in [6.45, 7) is 0.583. The van der Waals surface area contributed by atoms with Gasteiger partial charge in [0.25, 0.3) is 0 Å². The van der Waals surface area contributed by atoms with Crippen LogP contribution >= 0.6 is 11.6 Å². The summed E-state index contributed by atoms with van der Waals surface area (Å²) in [5.41, 5.74) is 0.496. The zero-order valence-electron chi connectivity index (χ0n) is 9.82. The second kappa shape index (κ2) is 5.98. The summed E-state index contributed by atoms with van der Waals surface area (Å²) < 4.78 is 5.23. The van der Waals surface area contributed by atoms with Crippen molar-refractivity contribution in [3.8, 4) is 0 Å². The van der Waals surface area contributed by atoms with Crippen LogP contribution in [0.15, 0.2) is 24.3 Å². The number of hydrogen-bond acceptors (Lipinski definition) is 3. The third-order valence-electron chi connectivity index (χ3n) is 2.79. The normalized spacial score (nSPS) is 18.6. The van der Waals surface area contributed by atoms with Crippen molar-refractivity contribution >= 4 is 23.3 Å². The van der Waals surface area contributed by atoms with Crippen LogP contribution in [-0.2, 0) is 9.53 Å². The van der Waals surface area contributed by atoms with E-state index in [0.29, 0.717) is 17.2 Å². The Hall–Kier alpha value is -1.39. The maximum absolute atomic E-state index is 11.8. The summed E-state index contributed by atoms with van der Waals surface area (Å²) in [7, 11) is 0. The number of rotatable bonds is 4. The van der Waals surface area contributed by atoms with Crippen LogP contribution in [0.5, 0.6) is 0 Å². The predicted molar refractivity (Wildman–Crippen MR) is 67.8 cm³/mol. The van der Waals surface area contributed by atoms with E-state index >= 15 is 0 Å². The zero-order valence-corrected chi connectivity index (χ0v) is 10.6. The highest BCUT2D eigenvalue weighted by Crippen LogP contribution is 2.12. The van der Waals surface area contributed by atoms with Gasteiger partial charge in [-0.1, -0.05) is 23.7 Å². The van der Waals surface area contributed by atoms with Crippen LogP contribution in [0, 0.1) is 0 Å². The number of carbonyl (C=O) groups excluding carboxylic acids is 2. The summed E-state index contributed by atoms with van der Waals surface area (Å²) in [6, 6.07) is 6.66. The molecule has 1 N–H and O–H groups in total. The lowest BCUT2D eigenvalue weighted by Gasteiger charge is -2.09. The van der Waals surface area contributed by atoms with E-state index in [9.17, 15) is 9.59 Å². The van der Waals surface area contributed by atoms with Gasteiger partial charge in [0, 0.05) is 17.2 Å². The minimum absolute atomic E-state index is 0.0287. The molecule has 18 heavy (non-hydrogen) atoms. The van der Waals surface area contributed by atoms with Gasteiger partial charge in [0.15, 0.2) is 5.78 Å². The summed E-state index contributed by atoms with van der Waals surface area (Å²) >= 11 is 5.80. The van der Waals surface area contributed by atoms with E-state index in [1.54, 1.807) is 24.3 Å². The SMILES string of the molecule is O=C(CNC(=O)C1CCCO1)c1cccc(Cl)c1. The minimum atomic E-state index is -0.405. The number of nitrogens with one attached hydrogen (secondary N) is 1. The topological polar surface area (TPSA) is 55.4 Å². The molecule has 4 nitrogen and oxygen atoms in total. The van der Waals surface area contributed by atoms with Crippen molar-refractivity contribution in [1.82, 2.24) is 5.32 Å². The van der Waals surface area contributed by atoms with Gasteiger partial charge in [-0.2, -0.15) is 0 Å². The lowest BCUT2D eigenvalue weighted by molar-refractivity contribution is -0.129. The zero-order chi connectivity index (χ0) is 13.0. The summed E-state index contributed by atoms with van der Waals surface area (Å²) in [6.07, 6.45) is 1.20. The Bertz CT molecular complexity index is 455. The number of benzene rings is 1. The molecule has 1 aliphatic rings. The number of carbonyl (C=O) groups is 2. The lowest BCUT2D eigenvalue weighted by Crippen LogP contribution is -2.37. The van der Waals surface area contributed by atoms with Crippen molar-refractivity contribution in [3.05, 3.63) is 34.9 Å². The van der Waals surface area contributed by atoms with E-state index in [0.717, 1.165) is 12.8 Å². The van der Waals surface area contributed by atoms with Crippen molar-refractivity contribution in [1.29, 1.82) is 0 Å². The monoisotopic (exact) mass is 267 g/mol. The first-order valence-corrected chi connectivity index (χ1v) is 6.22. The van der Waals surface area contributed by atoms with Crippen LogP contribution in [0.3, 0.4) is 0 Å². The van der Waals surface area contributed by atoms with Crippen molar-refractivity contribution in [2.24, 2.45) is 0 Å². The predicted octanol–water partition coefficient (Wildman–Crippen LogP) is 1.82. The number of amides is 1. The highest BCUT2D eigenvalue weighted by molar-refractivity contribution is 6.31. The number of Topliss-reactive ketones (excluding diaryl/α,β-unsaturated/α-hetero) is 1. The smallest absolute Gasteiger partial charge is 0.249 e. The summed E-state index contributed by atoms with van der Waals surface area (Å²) in [4.78, 5) is 23.4. The Balaban J connectivity index is 1.86. The Labute approximate surface area is 110 Å². The molecule has 0 saturated carbocycles. The first-order chi connectivity index (χ1) is 8.66. The van der Waals surface area contributed by atoms with E-state index in [-0.39, 0.29) is 18.2 Å². The molecule has 5 heteroatoms. The lowest BCUT2D eigenvalue weighted by atomic mass is 10.1. The fraction of sp³-hybridized carbons (Fsp3) is 0.385.